The van der Waals surface area contributed by atoms with E-state index in [-0.39, 0.29) is 33.2 Å². The summed E-state index contributed by atoms with van der Waals surface area (Å²) in [4.78, 5) is 29.8. The normalized spacial score (nSPS) is 13.6. The minimum atomic E-state index is -0.493. The van der Waals surface area contributed by atoms with Crippen LogP contribution in [0.25, 0.3) is 4.96 Å². The van der Waals surface area contributed by atoms with Gasteiger partial charge in [0, 0.05) is 12.4 Å². The monoisotopic (exact) mass is 286 g/mol. The zero-order chi connectivity index (χ0) is 14.0. The first-order valence-electron chi connectivity index (χ1n) is 5.69. The number of thiazole rings is 1. The number of fused-ring (bicyclic) bond motifs is 4. The van der Waals surface area contributed by atoms with Crippen LogP contribution in [0.15, 0.2) is 24.5 Å². The minimum Gasteiger partial charge on any atom is -0.507 e. The fraction of sp³-hybridized carbons (Fsp3) is 0. The zero-order valence-corrected chi connectivity index (χ0v) is 10.6. The maximum Gasteiger partial charge on any atom is 0.216 e. The summed E-state index contributed by atoms with van der Waals surface area (Å²) in [6, 6.07) is 2.39. The van der Waals surface area contributed by atoms with Crippen molar-refractivity contribution < 1.29 is 19.8 Å². The maximum atomic E-state index is 12.5. The Kier molecular flexibility index (Phi) is 1.93. The van der Waals surface area contributed by atoms with Gasteiger partial charge >= 0.3 is 0 Å². The highest BCUT2D eigenvalue weighted by molar-refractivity contribution is 7.19. The molecule has 0 amide bonds. The molecule has 0 aliphatic heterocycles. The average Bonchev–Trinajstić information content (AvgIpc) is 2.98. The highest BCUT2D eigenvalue weighted by atomic mass is 32.1. The van der Waals surface area contributed by atoms with Crippen molar-refractivity contribution in [3.05, 3.63) is 46.2 Å². The fourth-order valence-corrected chi connectivity index (χ4v) is 3.45. The summed E-state index contributed by atoms with van der Waals surface area (Å²) in [7, 11) is 0. The molecule has 2 N–H and O–H groups in total. The molecule has 1 aromatic carbocycles. The number of benzene rings is 1. The van der Waals surface area contributed by atoms with Gasteiger partial charge in [-0.25, -0.2) is 4.98 Å². The van der Waals surface area contributed by atoms with Crippen molar-refractivity contribution in [1.82, 2.24) is 9.38 Å². The van der Waals surface area contributed by atoms with E-state index >= 15 is 0 Å². The molecule has 0 saturated heterocycles. The van der Waals surface area contributed by atoms with Gasteiger partial charge in [-0.05, 0) is 12.1 Å². The van der Waals surface area contributed by atoms with Crippen LogP contribution in [0.4, 0.5) is 0 Å². The molecule has 98 valence electrons. The van der Waals surface area contributed by atoms with Crippen molar-refractivity contribution in [1.29, 1.82) is 0 Å². The number of phenolic OH excluding ortho intramolecular Hbond substituents is 2. The lowest BCUT2D eigenvalue weighted by Crippen LogP contribution is -2.21. The van der Waals surface area contributed by atoms with Crippen LogP contribution in [0.1, 0.15) is 31.3 Å². The molecule has 0 atom stereocenters. The number of rotatable bonds is 0. The van der Waals surface area contributed by atoms with Crippen LogP contribution in [-0.4, -0.2) is 31.2 Å². The highest BCUT2D eigenvalue weighted by Gasteiger charge is 2.37. The second-order valence-electron chi connectivity index (χ2n) is 4.37. The number of aromatic nitrogens is 2. The van der Waals surface area contributed by atoms with E-state index in [0.29, 0.717) is 4.96 Å². The van der Waals surface area contributed by atoms with Crippen LogP contribution >= 0.6 is 11.3 Å². The van der Waals surface area contributed by atoms with Crippen LogP contribution in [0, 0.1) is 0 Å². The second-order valence-corrected chi connectivity index (χ2v) is 5.35. The van der Waals surface area contributed by atoms with Crippen molar-refractivity contribution in [3.63, 3.8) is 0 Å². The lowest BCUT2D eigenvalue weighted by atomic mass is 9.90. The Morgan fingerprint density at radius 3 is 2.40 bits per heavy atom. The van der Waals surface area contributed by atoms with E-state index in [1.807, 2.05) is 0 Å². The SMILES string of the molecule is O=C1c2sc3nccn3c2C(=O)c2c(O)ccc(O)c21. The summed E-state index contributed by atoms with van der Waals surface area (Å²) in [5.74, 6) is -1.60. The number of aromatic hydroxyl groups is 2. The number of hydrogen-bond acceptors (Lipinski definition) is 6. The summed E-state index contributed by atoms with van der Waals surface area (Å²) in [6.07, 6.45) is 3.11. The van der Waals surface area contributed by atoms with E-state index in [9.17, 15) is 19.8 Å². The van der Waals surface area contributed by atoms with Crippen molar-refractivity contribution in [2.45, 2.75) is 0 Å². The molecular formula is C13H6N2O4S. The van der Waals surface area contributed by atoms with Gasteiger partial charge in [-0.15, -0.1) is 0 Å². The van der Waals surface area contributed by atoms with Crippen molar-refractivity contribution in [2.24, 2.45) is 0 Å². The van der Waals surface area contributed by atoms with Crippen molar-refractivity contribution >= 4 is 27.9 Å². The predicted octanol–water partition coefficient (Wildman–Crippen LogP) is 1.58. The standard InChI is InChI=1S/C13H6N2O4S/c16-5-1-2-6(17)8-7(5)10(18)9-12(11(8)19)20-13-14-3-4-15(9)13/h1-4,16-17H. The van der Waals surface area contributed by atoms with E-state index < -0.39 is 11.6 Å². The minimum absolute atomic E-state index is 0.146. The molecular weight excluding hydrogens is 280 g/mol. The first-order valence-corrected chi connectivity index (χ1v) is 6.51. The molecule has 7 heteroatoms. The summed E-state index contributed by atoms with van der Waals surface area (Å²) in [6.45, 7) is 0. The Hall–Kier alpha value is -2.67. The van der Waals surface area contributed by atoms with Gasteiger partial charge in [0.05, 0.1) is 11.1 Å². The van der Waals surface area contributed by atoms with Crippen LogP contribution in [-0.2, 0) is 0 Å². The molecule has 0 radical (unpaired) electrons. The lowest BCUT2D eigenvalue weighted by molar-refractivity contribution is 0.0973. The number of phenols is 2. The molecule has 0 spiro atoms. The van der Waals surface area contributed by atoms with Crippen LogP contribution in [0.5, 0.6) is 11.5 Å². The maximum absolute atomic E-state index is 12.5. The molecule has 2 aromatic heterocycles. The molecule has 3 aromatic rings. The van der Waals surface area contributed by atoms with Crippen LogP contribution in [0.2, 0.25) is 0 Å². The molecule has 20 heavy (non-hydrogen) atoms. The molecule has 0 unspecified atom stereocenters. The first kappa shape index (κ1) is 11.2. The fourth-order valence-electron chi connectivity index (χ4n) is 2.42. The Balaban J connectivity index is 2.16. The molecule has 0 bridgehead atoms. The zero-order valence-electron chi connectivity index (χ0n) is 9.82. The number of nitrogens with zero attached hydrogens (tertiary/aromatic N) is 2. The quantitative estimate of drug-likeness (QED) is 0.479. The molecule has 2 heterocycles. The van der Waals surface area contributed by atoms with Gasteiger partial charge in [0.25, 0.3) is 0 Å². The van der Waals surface area contributed by atoms with Gasteiger partial charge in [-0.2, -0.15) is 0 Å². The summed E-state index contributed by atoms with van der Waals surface area (Å²) < 4.78 is 1.52. The summed E-state index contributed by atoms with van der Waals surface area (Å²) in [5, 5.41) is 19.7. The largest absolute Gasteiger partial charge is 0.507 e. The Morgan fingerprint density at radius 2 is 1.70 bits per heavy atom. The van der Waals surface area contributed by atoms with Gasteiger partial charge in [0.1, 0.15) is 22.1 Å². The Labute approximate surface area is 115 Å². The lowest BCUT2D eigenvalue weighted by Gasteiger charge is -2.16. The van der Waals surface area contributed by atoms with Crippen molar-refractivity contribution in [2.75, 3.05) is 0 Å². The number of carbonyl (C=O) groups excluding carboxylic acids is 2. The Bertz CT molecular complexity index is 922. The number of carbonyl (C=O) groups is 2. The third-order valence-corrected chi connectivity index (χ3v) is 4.36. The van der Waals surface area contributed by atoms with E-state index in [0.717, 1.165) is 11.3 Å². The predicted molar refractivity (Wildman–Crippen MR) is 69.7 cm³/mol. The highest BCUT2D eigenvalue weighted by Crippen LogP contribution is 2.40. The number of ketones is 2. The van der Waals surface area contributed by atoms with E-state index in [1.54, 1.807) is 6.20 Å². The number of hydrogen-bond donors (Lipinski definition) is 2. The van der Waals surface area contributed by atoms with Gasteiger partial charge in [0.15, 0.2) is 4.96 Å². The van der Waals surface area contributed by atoms with Crippen molar-refractivity contribution in [3.8, 4) is 11.5 Å². The van der Waals surface area contributed by atoms with E-state index in [2.05, 4.69) is 4.98 Å². The molecule has 6 nitrogen and oxygen atoms in total. The van der Waals surface area contributed by atoms with Crippen LogP contribution in [0.3, 0.4) is 0 Å². The smallest absolute Gasteiger partial charge is 0.216 e. The molecule has 0 saturated carbocycles. The van der Waals surface area contributed by atoms with Gasteiger partial charge < -0.3 is 10.2 Å². The third kappa shape index (κ3) is 1.15. The van der Waals surface area contributed by atoms with Crippen LogP contribution < -0.4 is 0 Å². The van der Waals surface area contributed by atoms with Gasteiger partial charge in [0.2, 0.25) is 11.6 Å². The molecule has 0 fully saturated rings. The first-order chi connectivity index (χ1) is 9.59. The number of imidazole rings is 1. The van der Waals surface area contributed by atoms with E-state index in [4.69, 9.17) is 0 Å². The topological polar surface area (TPSA) is 91.9 Å². The molecule has 1 aliphatic rings. The van der Waals surface area contributed by atoms with E-state index in [1.165, 1.54) is 22.7 Å². The molecule has 4 rings (SSSR count). The van der Waals surface area contributed by atoms with Gasteiger partial charge in [-0.1, -0.05) is 11.3 Å². The van der Waals surface area contributed by atoms with Gasteiger partial charge in [-0.3, -0.25) is 14.0 Å². The third-order valence-electron chi connectivity index (χ3n) is 3.29. The second kappa shape index (κ2) is 3.45. The molecule has 1 aliphatic carbocycles. The summed E-state index contributed by atoms with van der Waals surface area (Å²) >= 11 is 1.09. The Morgan fingerprint density at radius 1 is 1.05 bits per heavy atom. The average molecular weight is 286 g/mol. The summed E-state index contributed by atoms with van der Waals surface area (Å²) in [5.41, 5.74) is -0.121.